The molecule has 96 valence electrons. The Morgan fingerprint density at radius 1 is 1.53 bits per heavy atom. The van der Waals surface area contributed by atoms with Gasteiger partial charge in [0.05, 0.1) is 7.11 Å². The lowest BCUT2D eigenvalue weighted by Gasteiger charge is -2.23. The van der Waals surface area contributed by atoms with Crippen LogP contribution < -0.4 is 4.90 Å². The first-order chi connectivity index (χ1) is 8.08. The van der Waals surface area contributed by atoms with Crippen molar-refractivity contribution < 1.29 is 9.53 Å². The third-order valence-electron chi connectivity index (χ3n) is 2.33. The molecule has 1 aromatic rings. The van der Waals surface area contributed by atoms with Crippen molar-refractivity contribution in [3.63, 3.8) is 0 Å². The van der Waals surface area contributed by atoms with E-state index in [4.69, 9.17) is 0 Å². The summed E-state index contributed by atoms with van der Waals surface area (Å²) in [4.78, 5) is 17.7. The summed E-state index contributed by atoms with van der Waals surface area (Å²) in [6, 6.07) is 0.191. The lowest BCUT2D eigenvalue weighted by atomic mass is 10.3. The molecule has 0 atom stereocenters. The smallest absolute Gasteiger partial charge is 0.325 e. The summed E-state index contributed by atoms with van der Waals surface area (Å²) >= 11 is 1.34. The minimum Gasteiger partial charge on any atom is -0.468 e. The number of rotatable bonds is 6. The van der Waals surface area contributed by atoms with E-state index >= 15 is 0 Å². The second-order valence-corrected chi connectivity index (χ2v) is 4.77. The maximum atomic E-state index is 11.3. The molecule has 0 spiro atoms. The van der Waals surface area contributed by atoms with Crippen LogP contribution in [0.4, 0.5) is 5.13 Å². The van der Waals surface area contributed by atoms with Crippen molar-refractivity contribution in [1.82, 2.24) is 9.36 Å². The number of aryl methyl sites for hydroxylation is 1. The number of hydrogen-bond donors (Lipinski definition) is 0. The van der Waals surface area contributed by atoms with Crippen molar-refractivity contribution in [3.8, 4) is 0 Å². The number of ether oxygens (including phenoxy) is 1. The first kappa shape index (κ1) is 13.9. The first-order valence-electron chi connectivity index (χ1n) is 5.74. The molecule has 5 nitrogen and oxygen atoms in total. The van der Waals surface area contributed by atoms with E-state index in [1.807, 2.05) is 18.7 Å². The first-order valence-corrected chi connectivity index (χ1v) is 6.51. The topological polar surface area (TPSA) is 55.3 Å². The predicted molar refractivity (Wildman–Crippen MR) is 68.4 cm³/mol. The monoisotopic (exact) mass is 257 g/mol. The minimum atomic E-state index is -0.258. The largest absolute Gasteiger partial charge is 0.468 e. The van der Waals surface area contributed by atoms with Gasteiger partial charge in [0.1, 0.15) is 12.4 Å². The van der Waals surface area contributed by atoms with Crippen LogP contribution in [-0.2, 0) is 16.0 Å². The zero-order valence-corrected chi connectivity index (χ0v) is 11.6. The van der Waals surface area contributed by atoms with Crippen molar-refractivity contribution in [3.05, 3.63) is 5.82 Å². The maximum absolute atomic E-state index is 11.3. The Morgan fingerprint density at radius 2 is 2.24 bits per heavy atom. The number of hydrogen-bond acceptors (Lipinski definition) is 6. The molecular weight excluding hydrogens is 238 g/mol. The molecule has 0 aliphatic carbocycles. The summed E-state index contributed by atoms with van der Waals surface area (Å²) in [6.07, 6.45) is 1.90. The molecule has 0 fully saturated rings. The quantitative estimate of drug-likeness (QED) is 0.728. The average Bonchev–Trinajstić information content (AvgIpc) is 2.74. The van der Waals surface area contributed by atoms with Gasteiger partial charge in [0, 0.05) is 24.0 Å². The van der Waals surface area contributed by atoms with Crippen LogP contribution in [0.15, 0.2) is 0 Å². The van der Waals surface area contributed by atoms with Gasteiger partial charge in [-0.3, -0.25) is 4.79 Å². The molecule has 0 radical (unpaired) electrons. The van der Waals surface area contributed by atoms with Crippen molar-refractivity contribution >= 4 is 22.6 Å². The molecule has 1 aromatic heterocycles. The molecule has 6 heteroatoms. The Labute approximate surface area is 106 Å². The van der Waals surface area contributed by atoms with E-state index in [1.54, 1.807) is 0 Å². The molecule has 0 saturated carbocycles. The fourth-order valence-electron chi connectivity index (χ4n) is 1.36. The third kappa shape index (κ3) is 3.96. The van der Waals surface area contributed by atoms with Crippen LogP contribution in [0.5, 0.6) is 0 Å². The molecule has 0 amide bonds. The highest BCUT2D eigenvalue weighted by atomic mass is 32.1. The summed E-state index contributed by atoms with van der Waals surface area (Å²) in [5, 5.41) is 0.786. The third-order valence-corrected chi connectivity index (χ3v) is 3.12. The Kier molecular flexibility index (Phi) is 5.34. The van der Waals surface area contributed by atoms with Gasteiger partial charge in [-0.1, -0.05) is 6.92 Å². The van der Waals surface area contributed by atoms with Crippen LogP contribution >= 0.6 is 11.5 Å². The summed E-state index contributed by atoms with van der Waals surface area (Å²) in [5.41, 5.74) is 0. The van der Waals surface area contributed by atoms with Gasteiger partial charge in [-0.25, -0.2) is 4.98 Å². The highest BCUT2D eigenvalue weighted by Crippen LogP contribution is 2.20. The molecule has 0 aromatic carbocycles. The lowest BCUT2D eigenvalue weighted by molar-refractivity contribution is -0.139. The SMILES string of the molecule is CCCc1nsc(N(CC(=O)OC)C(C)C)n1. The fourth-order valence-corrected chi connectivity index (χ4v) is 2.21. The molecule has 0 unspecified atom stereocenters. The van der Waals surface area contributed by atoms with Gasteiger partial charge >= 0.3 is 5.97 Å². The van der Waals surface area contributed by atoms with Gasteiger partial charge in [-0.05, 0) is 20.3 Å². The summed E-state index contributed by atoms with van der Waals surface area (Å²) in [6.45, 7) is 6.35. The van der Waals surface area contributed by atoms with Crippen molar-refractivity contribution in [2.24, 2.45) is 0 Å². The molecular formula is C11H19N3O2S. The zero-order chi connectivity index (χ0) is 12.8. The number of esters is 1. The van der Waals surface area contributed by atoms with E-state index in [0.29, 0.717) is 0 Å². The van der Waals surface area contributed by atoms with E-state index < -0.39 is 0 Å². The maximum Gasteiger partial charge on any atom is 0.325 e. The summed E-state index contributed by atoms with van der Waals surface area (Å²) < 4.78 is 8.96. The van der Waals surface area contributed by atoms with Crippen LogP contribution in [0.25, 0.3) is 0 Å². The Morgan fingerprint density at radius 3 is 2.76 bits per heavy atom. The number of carbonyl (C=O) groups is 1. The number of methoxy groups -OCH3 is 1. The highest BCUT2D eigenvalue weighted by molar-refractivity contribution is 7.09. The van der Waals surface area contributed by atoms with E-state index in [9.17, 15) is 4.79 Å². The van der Waals surface area contributed by atoms with E-state index in [2.05, 4.69) is 21.0 Å². The second kappa shape index (κ2) is 6.54. The number of carbonyl (C=O) groups excluding carboxylic acids is 1. The fraction of sp³-hybridized carbons (Fsp3) is 0.727. The van der Waals surface area contributed by atoms with Crippen LogP contribution in [0, 0.1) is 0 Å². The van der Waals surface area contributed by atoms with Crippen LogP contribution in [0.2, 0.25) is 0 Å². The lowest BCUT2D eigenvalue weighted by Crippen LogP contribution is -2.36. The predicted octanol–water partition coefficient (Wildman–Crippen LogP) is 1.88. The molecule has 0 saturated heterocycles. The number of anilines is 1. The van der Waals surface area contributed by atoms with Crippen LogP contribution in [0.3, 0.4) is 0 Å². The molecule has 0 N–H and O–H groups in total. The molecule has 0 aliphatic rings. The Bertz CT molecular complexity index is 365. The van der Waals surface area contributed by atoms with Gasteiger partial charge in [0.15, 0.2) is 0 Å². The van der Waals surface area contributed by atoms with Crippen LogP contribution in [-0.4, -0.2) is 35.0 Å². The van der Waals surface area contributed by atoms with Gasteiger partial charge in [-0.15, -0.1) is 0 Å². The van der Waals surface area contributed by atoms with Gasteiger partial charge in [-0.2, -0.15) is 4.37 Å². The van der Waals surface area contributed by atoms with E-state index in [1.165, 1.54) is 18.6 Å². The average molecular weight is 257 g/mol. The van der Waals surface area contributed by atoms with Gasteiger partial charge in [0.25, 0.3) is 0 Å². The highest BCUT2D eigenvalue weighted by Gasteiger charge is 2.18. The minimum absolute atomic E-state index is 0.191. The molecule has 0 aliphatic heterocycles. The van der Waals surface area contributed by atoms with Crippen molar-refractivity contribution in [2.75, 3.05) is 18.6 Å². The van der Waals surface area contributed by atoms with Crippen molar-refractivity contribution in [2.45, 2.75) is 39.7 Å². The Balaban J connectivity index is 2.78. The standard InChI is InChI=1S/C11H19N3O2S/c1-5-6-9-12-11(17-13-9)14(8(2)3)7-10(15)16-4/h8H,5-7H2,1-4H3. The molecule has 1 heterocycles. The van der Waals surface area contributed by atoms with Crippen LogP contribution in [0.1, 0.15) is 33.0 Å². The van der Waals surface area contributed by atoms with Crippen molar-refractivity contribution in [1.29, 1.82) is 0 Å². The van der Waals surface area contributed by atoms with Gasteiger partial charge < -0.3 is 9.64 Å². The summed E-state index contributed by atoms with van der Waals surface area (Å²) in [7, 11) is 1.39. The number of aromatic nitrogens is 2. The zero-order valence-electron chi connectivity index (χ0n) is 10.8. The Hall–Kier alpha value is -1.17. The number of nitrogens with zero attached hydrogens (tertiary/aromatic N) is 3. The van der Waals surface area contributed by atoms with Gasteiger partial charge in [0.2, 0.25) is 5.13 Å². The molecule has 1 rings (SSSR count). The van der Waals surface area contributed by atoms with E-state index in [0.717, 1.165) is 23.8 Å². The van der Waals surface area contributed by atoms with E-state index in [-0.39, 0.29) is 18.6 Å². The molecule has 17 heavy (non-hydrogen) atoms. The normalized spacial score (nSPS) is 10.6. The summed E-state index contributed by atoms with van der Waals surface area (Å²) in [5.74, 6) is 0.592. The molecule has 0 bridgehead atoms. The second-order valence-electron chi connectivity index (χ2n) is 4.04.